The first-order valence-corrected chi connectivity index (χ1v) is 12.6. The number of nitrogens with one attached hydrogen (secondary N) is 1. The van der Waals surface area contributed by atoms with Gasteiger partial charge in [0.1, 0.15) is 0 Å². The first kappa shape index (κ1) is 27.9. The van der Waals surface area contributed by atoms with Crippen molar-refractivity contribution in [3.8, 4) is 0 Å². The van der Waals surface area contributed by atoms with Gasteiger partial charge in [-0.15, -0.1) is 12.4 Å². The van der Waals surface area contributed by atoms with Crippen molar-refractivity contribution in [3.05, 3.63) is 111 Å². The minimum atomic E-state index is -0.00362. The van der Waals surface area contributed by atoms with Crippen LogP contribution in [0.3, 0.4) is 0 Å². The SMILES string of the molecule is CC(C)c1ccc(CN2CCN(C(c3ccccc3)c3ccccc3)CC2)c(=O)c(NCCO)c1.Cl. The van der Waals surface area contributed by atoms with Crippen LogP contribution in [0.25, 0.3) is 0 Å². The number of aliphatic hydroxyl groups is 1. The number of hydrogen-bond donors (Lipinski definition) is 2. The van der Waals surface area contributed by atoms with Gasteiger partial charge in [0.15, 0.2) is 0 Å². The Bertz CT molecular complexity index is 1090. The lowest BCUT2D eigenvalue weighted by atomic mass is 9.96. The maximum absolute atomic E-state index is 13.3. The van der Waals surface area contributed by atoms with Gasteiger partial charge in [0, 0.05) is 44.8 Å². The molecule has 5 nitrogen and oxygen atoms in total. The van der Waals surface area contributed by atoms with Crippen LogP contribution in [0, 0.1) is 0 Å². The maximum atomic E-state index is 13.3. The molecule has 0 saturated carbocycles. The predicted molar refractivity (Wildman–Crippen MR) is 151 cm³/mol. The van der Waals surface area contributed by atoms with Crippen molar-refractivity contribution in [2.45, 2.75) is 32.4 Å². The zero-order chi connectivity index (χ0) is 24.6. The standard InChI is InChI=1S/C30H37N3O2.ClH/c1-23(2)26-13-14-27(30(35)28(21-26)31-15-20-34)22-32-16-18-33(19-17-32)29(24-9-5-3-6-10-24)25-11-7-4-8-12-25;/h3-14,21,23,29,34H,15-20,22H2,1-2H3,(H,31,35);1H. The van der Waals surface area contributed by atoms with Crippen LogP contribution in [0.15, 0.2) is 83.7 Å². The van der Waals surface area contributed by atoms with E-state index in [1.165, 1.54) is 11.1 Å². The maximum Gasteiger partial charge on any atom is 0.206 e. The molecule has 0 aromatic heterocycles. The first-order valence-electron chi connectivity index (χ1n) is 12.6. The van der Waals surface area contributed by atoms with Crippen molar-refractivity contribution in [2.75, 3.05) is 44.6 Å². The summed E-state index contributed by atoms with van der Waals surface area (Å²) in [6.07, 6.45) is 0. The predicted octanol–water partition coefficient (Wildman–Crippen LogP) is 4.90. The lowest BCUT2D eigenvalue weighted by Gasteiger charge is -2.39. The normalized spacial score (nSPS) is 14.6. The highest BCUT2D eigenvalue weighted by Crippen LogP contribution is 2.29. The van der Waals surface area contributed by atoms with E-state index in [1.54, 1.807) is 0 Å². The van der Waals surface area contributed by atoms with Crippen molar-refractivity contribution >= 4 is 18.1 Å². The largest absolute Gasteiger partial charge is 0.395 e. The van der Waals surface area contributed by atoms with E-state index in [0.29, 0.717) is 24.7 Å². The molecule has 0 aliphatic carbocycles. The molecule has 3 aromatic rings. The quantitative estimate of drug-likeness (QED) is 0.431. The van der Waals surface area contributed by atoms with Gasteiger partial charge in [0.25, 0.3) is 0 Å². The van der Waals surface area contributed by atoms with Gasteiger partial charge in [-0.05, 0) is 28.7 Å². The average Bonchev–Trinajstić information content (AvgIpc) is 3.04. The highest BCUT2D eigenvalue weighted by atomic mass is 35.5. The van der Waals surface area contributed by atoms with E-state index in [0.717, 1.165) is 37.3 Å². The summed E-state index contributed by atoms with van der Waals surface area (Å²) in [6, 6.07) is 27.7. The van der Waals surface area contributed by atoms with Crippen molar-refractivity contribution < 1.29 is 5.11 Å². The van der Waals surface area contributed by atoms with E-state index in [9.17, 15) is 9.90 Å². The molecular formula is C30H38ClN3O2. The number of aliphatic hydroxyl groups excluding tert-OH is 1. The van der Waals surface area contributed by atoms with Crippen molar-refractivity contribution in [1.82, 2.24) is 9.80 Å². The van der Waals surface area contributed by atoms with Gasteiger partial charge in [-0.3, -0.25) is 14.6 Å². The molecule has 192 valence electrons. The van der Waals surface area contributed by atoms with E-state index in [2.05, 4.69) is 95.7 Å². The molecule has 0 bridgehead atoms. The molecule has 1 heterocycles. The minimum absolute atomic E-state index is 0. The summed E-state index contributed by atoms with van der Waals surface area (Å²) in [5, 5.41) is 12.4. The smallest absolute Gasteiger partial charge is 0.206 e. The molecule has 6 heteroatoms. The van der Waals surface area contributed by atoms with Crippen molar-refractivity contribution in [3.63, 3.8) is 0 Å². The highest BCUT2D eigenvalue weighted by molar-refractivity contribution is 5.85. The fraction of sp³-hybridized carbons (Fsp3) is 0.367. The Kier molecular flexibility index (Phi) is 10.5. The minimum Gasteiger partial charge on any atom is -0.395 e. The molecule has 1 fully saturated rings. The Morgan fingerprint density at radius 1 is 0.833 bits per heavy atom. The van der Waals surface area contributed by atoms with Gasteiger partial charge in [-0.1, -0.05) is 86.6 Å². The Morgan fingerprint density at radius 3 is 1.94 bits per heavy atom. The summed E-state index contributed by atoms with van der Waals surface area (Å²) in [4.78, 5) is 18.2. The lowest BCUT2D eigenvalue weighted by Crippen LogP contribution is -2.47. The second-order valence-electron chi connectivity index (χ2n) is 9.59. The fourth-order valence-corrected chi connectivity index (χ4v) is 4.84. The molecule has 3 aromatic carbocycles. The van der Waals surface area contributed by atoms with Crippen LogP contribution in [0.2, 0.25) is 0 Å². The molecule has 1 saturated heterocycles. The Hall–Kier alpha value is -2.70. The first-order chi connectivity index (χ1) is 17.1. The summed E-state index contributed by atoms with van der Waals surface area (Å²) in [5.41, 5.74) is 5.14. The van der Waals surface area contributed by atoms with Crippen LogP contribution >= 0.6 is 12.4 Å². The summed E-state index contributed by atoms with van der Waals surface area (Å²) < 4.78 is 0. The van der Waals surface area contributed by atoms with Gasteiger partial charge in [0.05, 0.1) is 18.3 Å². The highest BCUT2D eigenvalue weighted by Gasteiger charge is 2.26. The molecular weight excluding hydrogens is 470 g/mol. The summed E-state index contributed by atoms with van der Waals surface area (Å²) in [6.45, 7) is 8.95. The van der Waals surface area contributed by atoms with Gasteiger partial charge in [-0.25, -0.2) is 0 Å². The third-order valence-electron chi connectivity index (χ3n) is 6.81. The Labute approximate surface area is 221 Å². The number of halogens is 1. The van der Waals surface area contributed by atoms with E-state index < -0.39 is 0 Å². The molecule has 36 heavy (non-hydrogen) atoms. The number of nitrogens with zero attached hydrogens (tertiary/aromatic N) is 2. The second kappa shape index (κ2) is 13.6. The fourth-order valence-electron chi connectivity index (χ4n) is 4.84. The van der Waals surface area contributed by atoms with Crippen molar-refractivity contribution in [1.29, 1.82) is 0 Å². The Balaban J connectivity index is 0.00000361. The topological polar surface area (TPSA) is 55.8 Å². The van der Waals surface area contributed by atoms with Crippen LogP contribution in [0.1, 0.15) is 48.1 Å². The van der Waals surface area contributed by atoms with Gasteiger partial charge in [-0.2, -0.15) is 0 Å². The third kappa shape index (κ3) is 6.95. The molecule has 1 aliphatic heterocycles. The molecule has 0 atom stereocenters. The van der Waals surface area contributed by atoms with E-state index in [1.807, 2.05) is 12.1 Å². The zero-order valence-corrected chi connectivity index (χ0v) is 22.1. The van der Waals surface area contributed by atoms with Gasteiger partial charge in [0.2, 0.25) is 5.43 Å². The number of piperazine rings is 1. The van der Waals surface area contributed by atoms with Crippen LogP contribution < -0.4 is 10.7 Å². The van der Waals surface area contributed by atoms with E-state index >= 15 is 0 Å². The van der Waals surface area contributed by atoms with Crippen LogP contribution in [0.4, 0.5) is 5.69 Å². The molecule has 1 aliphatic rings. The molecule has 0 amide bonds. The van der Waals surface area contributed by atoms with E-state index in [4.69, 9.17) is 0 Å². The lowest BCUT2D eigenvalue weighted by molar-refractivity contribution is 0.104. The summed E-state index contributed by atoms with van der Waals surface area (Å²) >= 11 is 0. The summed E-state index contributed by atoms with van der Waals surface area (Å²) in [7, 11) is 0. The Morgan fingerprint density at radius 2 is 1.42 bits per heavy atom. The number of rotatable bonds is 9. The zero-order valence-electron chi connectivity index (χ0n) is 21.3. The summed E-state index contributed by atoms with van der Waals surface area (Å²) in [5.74, 6) is 0.320. The molecule has 0 spiro atoms. The monoisotopic (exact) mass is 507 g/mol. The molecule has 2 N–H and O–H groups in total. The van der Waals surface area contributed by atoms with E-state index in [-0.39, 0.29) is 30.5 Å². The van der Waals surface area contributed by atoms with Gasteiger partial charge < -0.3 is 10.4 Å². The van der Waals surface area contributed by atoms with Crippen LogP contribution in [0.5, 0.6) is 0 Å². The number of anilines is 1. The van der Waals surface area contributed by atoms with Gasteiger partial charge >= 0.3 is 0 Å². The van der Waals surface area contributed by atoms with Crippen LogP contribution in [-0.4, -0.2) is 54.2 Å². The third-order valence-corrected chi connectivity index (χ3v) is 6.81. The molecule has 0 unspecified atom stereocenters. The van der Waals surface area contributed by atoms with Crippen LogP contribution in [-0.2, 0) is 6.54 Å². The number of hydrogen-bond acceptors (Lipinski definition) is 5. The van der Waals surface area contributed by atoms with Crippen molar-refractivity contribution in [2.24, 2.45) is 0 Å². The number of benzene rings is 2. The molecule has 0 radical (unpaired) electrons. The molecule has 4 rings (SSSR count). The second-order valence-corrected chi connectivity index (χ2v) is 9.59. The average molecular weight is 508 g/mol.